The molecule has 164 valence electrons. The molecule has 31 heavy (non-hydrogen) atoms. The Morgan fingerprint density at radius 3 is 2.48 bits per heavy atom. The van der Waals surface area contributed by atoms with Crippen molar-refractivity contribution >= 4 is 41.0 Å². The van der Waals surface area contributed by atoms with E-state index in [1.165, 1.54) is 0 Å². The molecule has 0 saturated heterocycles. The number of benzene rings is 2. The van der Waals surface area contributed by atoms with Crippen LogP contribution in [0.25, 0.3) is 10.9 Å². The summed E-state index contributed by atoms with van der Waals surface area (Å²) in [7, 11) is 0. The van der Waals surface area contributed by atoms with Gasteiger partial charge in [-0.25, -0.2) is 4.98 Å². The van der Waals surface area contributed by atoms with E-state index < -0.39 is 5.97 Å². The van der Waals surface area contributed by atoms with Gasteiger partial charge in [0.05, 0.1) is 18.0 Å². The smallest absolute Gasteiger partial charge is 0.305 e. The minimum atomic E-state index is -0.934. The third-order valence-corrected chi connectivity index (χ3v) is 5.00. The van der Waals surface area contributed by atoms with E-state index in [2.05, 4.69) is 36.6 Å². The maximum absolute atomic E-state index is 12.2. The van der Waals surface area contributed by atoms with Crippen LogP contribution in [-0.4, -0.2) is 28.5 Å². The van der Waals surface area contributed by atoms with E-state index in [0.29, 0.717) is 5.56 Å². The number of fused-ring (bicyclic) bond motifs is 1. The van der Waals surface area contributed by atoms with Gasteiger partial charge in [0.15, 0.2) is 0 Å². The Labute approximate surface area is 188 Å². The lowest BCUT2D eigenvalue weighted by Gasteiger charge is -2.21. The number of aliphatic carboxylic acids is 1. The molecule has 6 nitrogen and oxygen atoms in total. The van der Waals surface area contributed by atoms with Crippen LogP contribution in [0.3, 0.4) is 0 Å². The molecule has 1 heterocycles. The van der Waals surface area contributed by atoms with Gasteiger partial charge in [0, 0.05) is 17.5 Å². The molecule has 3 aromatic rings. The second kappa shape index (κ2) is 11.3. The molecule has 0 aliphatic heterocycles. The van der Waals surface area contributed by atoms with Gasteiger partial charge in [-0.3, -0.25) is 9.59 Å². The van der Waals surface area contributed by atoms with Crippen molar-refractivity contribution in [3.63, 3.8) is 0 Å². The molecule has 1 atom stereocenters. The molecule has 7 heteroatoms. The molecular formula is C24H28ClN3O3. The van der Waals surface area contributed by atoms with Crippen LogP contribution in [0.4, 0.5) is 5.82 Å². The Bertz CT molecular complexity index is 1040. The van der Waals surface area contributed by atoms with E-state index in [9.17, 15) is 9.59 Å². The molecule has 0 saturated carbocycles. The highest BCUT2D eigenvalue weighted by Gasteiger charge is 2.14. The predicted molar refractivity (Wildman–Crippen MR) is 126 cm³/mol. The van der Waals surface area contributed by atoms with E-state index in [4.69, 9.17) is 10.1 Å². The number of para-hydroxylation sites is 1. The van der Waals surface area contributed by atoms with Crippen molar-refractivity contribution in [2.45, 2.75) is 39.2 Å². The van der Waals surface area contributed by atoms with Gasteiger partial charge in [-0.2, -0.15) is 0 Å². The van der Waals surface area contributed by atoms with E-state index >= 15 is 0 Å². The van der Waals surface area contributed by atoms with Gasteiger partial charge in [-0.15, -0.1) is 12.4 Å². The minimum Gasteiger partial charge on any atom is -0.481 e. The molecule has 1 aromatic heterocycles. The minimum absolute atomic E-state index is 0. The van der Waals surface area contributed by atoms with Crippen LogP contribution in [-0.2, 0) is 4.79 Å². The highest BCUT2D eigenvalue weighted by molar-refractivity contribution is 5.94. The number of aryl methyl sites for hydroxylation is 1. The molecule has 0 aliphatic carbocycles. The highest BCUT2D eigenvalue weighted by atomic mass is 35.5. The first kappa shape index (κ1) is 24.2. The molecule has 1 amide bonds. The fourth-order valence-electron chi connectivity index (χ4n) is 3.40. The molecule has 0 spiro atoms. The largest absolute Gasteiger partial charge is 0.481 e. The van der Waals surface area contributed by atoms with E-state index in [1.807, 2.05) is 30.3 Å². The maximum atomic E-state index is 12.2. The Hall–Kier alpha value is -3.12. The lowest BCUT2D eigenvalue weighted by molar-refractivity contribution is -0.136. The van der Waals surface area contributed by atoms with Gasteiger partial charge in [-0.05, 0) is 48.7 Å². The number of carboxylic acids is 1. The van der Waals surface area contributed by atoms with Crippen molar-refractivity contribution in [2.24, 2.45) is 0 Å². The number of carbonyl (C=O) groups is 2. The van der Waals surface area contributed by atoms with Crippen LogP contribution in [0.15, 0.2) is 54.6 Å². The quantitative estimate of drug-likeness (QED) is 0.428. The first-order valence-electron chi connectivity index (χ1n) is 10.2. The second-order valence-electron chi connectivity index (χ2n) is 7.35. The number of nitrogens with one attached hydrogen (secondary N) is 2. The van der Waals surface area contributed by atoms with Crippen molar-refractivity contribution in [2.75, 3.05) is 11.9 Å². The van der Waals surface area contributed by atoms with E-state index in [0.717, 1.165) is 40.7 Å². The van der Waals surface area contributed by atoms with Crippen LogP contribution in [0.1, 0.15) is 53.7 Å². The Morgan fingerprint density at radius 1 is 1.10 bits per heavy atom. The lowest BCUT2D eigenvalue weighted by Crippen LogP contribution is -2.26. The number of hydrogen-bond donors (Lipinski definition) is 3. The summed E-state index contributed by atoms with van der Waals surface area (Å²) < 4.78 is 0. The van der Waals surface area contributed by atoms with Crippen molar-refractivity contribution in [1.29, 1.82) is 0 Å². The number of halogens is 1. The SMILES string of the molecule is CCCC(Nc1nc2ccccc2cc1C)c1ccc(C(=O)NCCC(=O)O)cc1.Cl. The van der Waals surface area contributed by atoms with Gasteiger partial charge >= 0.3 is 5.97 Å². The van der Waals surface area contributed by atoms with Crippen LogP contribution in [0.2, 0.25) is 0 Å². The summed E-state index contributed by atoms with van der Waals surface area (Å²) in [6.45, 7) is 4.30. The number of anilines is 1. The number of carbonyl (C=O) groups excluding carboxylic acids is 1. The van der Waals surface area contributed by atoms with Gasteiger partial charge in [0.25, 0.3) is 5.91 Å². The summed E-state index contributed by atoms with van der Waals surface area (Å²) in [6.07, 6.45) is 1.84. The standard InChI is InChI=1S/C24H27N3O3.ClH/c1-3-6-20(26-23-16(2)15-19-7-4-5-8-21(19)27-23)17-9-11-18(12-10-17)24(30)25-14-13-22(28)29;/h4-5,7-12,15,20H,3,6,13-14H2,1-2H3,(H,25,30)(H,26,27)(H,28,29);1H. The molecule has 0 radical (unpaired) electrons. The number of pyridine rings is 1. The Balaban J connectivity index is 0.00000341. The van der Waals surface area contributed by atoms with E-state index in [1.54, 1.807) is 12.1 Å². The Kier molecular flexibility index (Phi) is 8.82. The van der Waals surface area contributed by atoms with Crippen molar-refractivity contribution in [1.82, 2.24) is 10.3 Å². The van der Waals surface area contributed by atoms with Gasteiger partial charge < -0.3 is 15.7 Å². The van der Waals surface area contributed by atoms with Crippen LogP contribution in [0, 0.1) is 6.92 Å². The molecule has 2 aromatic carbocycles. The zero-order valence-corrected chi connectivity index (χ0v) is 18.5. The van der Waals surface area contributed by atoms with Crippen LogP contribution < -0.4 is 10.6 Å². The fourth-order valence-corrected chi connectivity index (χ4v) is 3.40. The number of hydrogen-bond acceptors (Lipinski definition) is 4. The number of amides is 1. The molecule has 0 aliphatic rings. The van der Waals surface area contributed by atoms with Gasteiger partial charge in [0.2, 0.25) is 0 Å². The highest BCUT2D eigenvalue weighted by Crippen LogP contribution is 2.27. The summed E-state index contributed by atoms with van der Waals surface area (Å²) in [6, 6.07) is 17.7. The third-order valence-electron chi connectivity index (χ3n) is 5.00. The van der Waals surface area contributed by atoms with Crippen molar-refractivity contribution in [3.8, 4) is 0 Å². The zero-order valence-electron chi connectivity index (χ0n) is 17.7. The van der Waals surface area contributed by atoms with Gasteiger partial charge in [0.1, 0.15) is 5.82 Å². The predicted octanol–water partition coefficient (Wildman–Crippen LogP) is 5.12. The van der Waals surface area contributed by atoms with E-state index in [-0.39, 0.29) is 37.3 Å². The molecule has 0 bridgehead atoms. The zero-order chi connectivity index (χ0) is 21.5. The molecule has 3 N–H and O–H groups in total. The average Bonchev–Trinajstić information content (AvgIpc) is 2.73. The molecular weight excluding hydrogens is 414 g/mol. The monoisotopic (exact) mass is 441 g/mol. The summed E-state index contributed by atoms with van der Waals surface area (Å²) in [5, 5.41) is 16.0. The summed E-state index contributed by atoms with van der Waals surface area (Å²) >= 11 is 0. The van der Waals surface area contributed by atoms with Gasteiger partial charge in [-0.1, -0.05) is 43.7 Å². The summed E-state index contributed by atoms with van der Waals surface area (Å²) in [5.74, 6) is -0.339. The molecule has 3 rings (SSSR count). The second-order valence-corrected chi connectivity index (χ2v) is 7.35. The normalized spacial score (nSPS) is 11.4. The molecule has 0 fully saturated rings. The number of nitrogens with zero attached hydrogens (tertiary/aromatic N) is 1. The van der Waals surface area contributed by atoms with Crippen LogP contribution in [0.5, 0.6) is 0 Å². The topological polar surface area (TPSA) is 91.3 Å². The number of rotatable bonds is 9. The fraction of sp³-hybridized carbons (Fsp3) is 0.292. The maximum Gasteiger partial charge on any atom is 0.305 e. The molecule has 1 unspecified atom stereocenters. The van der Waals surface area contributed by atoms with Crippen molar-refractivity contribution in [3.05, 3.63) is 71.3 Å². The van der Waals surface area contributed by atoms with Crippen molar-refractivity contribution < 1.29 is 14.7 Å². The number of carboxylic acid groups (broad SMARTS) is 1. The number of aromatic nitrogens is 1. The summed E-state index contributed by atoms with van der Waals surface area (Å²) in [5.41, 5.74) is 3.63. The Morgan fingerprint density at radius 2 is 1.81 bits per heavy atom. The first-order chi connectivity index (χ1) is 14.5. The average molecular weight is 442 g/mol. The third kappa shape index (κ3) is 6.43. The lowest BCUT2D eigenvalue weighted by atomic mass is 10.00. The summed E-state index contributed by atoms with van der Waals surface area (Å²) in [4.78, 5) is 27.5. The van der Waals surface area contributed by atoms with Crippen LogP contribution >= 0.6 is 12.4 Å². The first-order valence-corrected chi connectivity index (χ1v) is 10.2.